The number of aryl methyl sites for hydroxylation is 2. The summed E-state index contributed by atoms with van der Waals surface area (Å²) < 4.78 is 6.60. The minimum Gasteiger partial charge on any atom is -0.454 e. The highest BCUT2D eigenvalue weighted by atomic mass is 16.5. The number of tetrazole rings is 1. The molecule has 0 spiro atoms. The van der Waals surface area contributed by atoms with E-state index < -0.39 is 12.0 Å². The van der Waals surface area contributed by atoms with Gasteiger partial charge in [-0.05, 0) is 58.5 Å². The van der Waals surface area contributed by atoms with Crippen molar-refractivity contribution in [2.45, 2.75) is 31.7 Å². The van der Waals surface area contributed by atoms with E-state index >= 15 is 0 Å². The summed E-state index contributed by atoms with van der Waals surface area (Å²) in [7, 11) is 0. The van der Waals surface area contributed by atoms with Crippen molar-refractivity contribution in [1.29, 1.82) is 0 Å². The van der Waals surface area contributed by atoms with Crippen molar-refractivity contribution in [1.82, 2.24) is 20.2 Å². The van der Waals surface area contributed by atoms with E-state index in [1.807, 2.05) is 48.5 Å². The molecular weight excluding hydrogens is 370 g/mol. The third-order valence-corrected chi connectivity index (χ3v) is 4.96. The summed E-state index contributed by atoms with van der Waals surface area (Å²) in [6.07, 6.45) is 4.98. The maximum absolute atomic E-state index is 12.6. The Morgan fingerprint density at radius 1 is 1.10 bits per heavy atom. The van der Waals surface area contributed by atoms with E-state index in [1.54, 1.807) is 0 Å². The van der Waals surface area contributed by atoms with Gasteiger partial charge in [0.2, 0.25) is 0 Å². The number of benzene rings is 2. The molecule has 0 saturated heterocycles. The van der Waals surface area contributed by atoms with Crippen molar-refractivity contribution in [3.63, 3.8) is 0 Å². The van der Waals surface area contributed by atoms with E-state index in [4.69, 9.17) is 4.74 Å². The number of hydrogen-bond donors (Lipinski definition) is 1. The molecule has 1 aliphatic carbocycles. The average Bonchev–Trinajstić information content (AvgIpc) is 3.42. The lowest BCUT2D eigenvalue weighted by molar-refractivity contribution is -0.151. The Bertz CT molecular complexity index is 989. The molecule has 0 aliphatic heterocycles. The van der Waals surface area contributed by atoms with Gasteiger partial charge in [0.05, 0.1) is 0 Å². The van der Waals surface area contributed by atoms with Gasteiger partial charge in [-0.2, -0.15) is 0 Å². The standard InChI is InChI=1S/C21H21N5O3/c27-20(23-18-10-9-16-7-4-8-17(16)12-18)13-29-21(28)19(26-14-22-24-25-26)11-15-5-2-1-3-6-15/h1-3,5-6,9-10,12,14,19H,4,7-8,11,13H2,(H,23,27)/t19-/m1/s1. The molecular formula is C21H21N5O3. The monoisotopic (exact) mass is 391 g/mol. The van der Waals surface area contributed by atoms with Gasteiger partial charge in [-0.3, -0.25) is 4.79 Å². The number of aromatic nitrogens is 4. The normalized spacial score (nSPS) is 13.5. The van der Waals surface area contributed by atoms with Gasteiger partial charge < -0.3 is 10.1 Å². The Hall–Kier alpha value is -3.55. The van der Waals surface area contributed by atoms with Crippen LogP contribution >= 0.6 is 0 Å². The van der Waals surface area contributed by atoms with E-state index in [0.717, 1.165) is 24.8 Å². The summed E-state index contributed by atoms with van der Waals surface area (Å²) in [5.74, 6) is -0.947. The van der Waals surface area contributed by atoms with Gasteiger partial charge in [-0.25, -0.2) is 9.48 Å². The predicted octanol–water partition coefficient (Wildman–Crippen LogP) is 2.13. The van der Waals surface area contributed by atoms with Crippen LogP contribution in [0.2, 0.25) is 0 Å². The maximum atomic E-state index is 12.6. The van der Waals surface area contributed by atoms with Crippen molar-refractivity contribution in [2.75, 3.05) is 11.9 Å². The minimum absolute atomic E-state index is 0.358. The predicted molar refractivity (Wildman–Crippen MR) is 105 cm³/mol. The first-order valence-electron chi connectivity index (χ1n) is 9.54. The van der Waals surface area contributed by atoms with E-state index in [2.05, 4.69) is 20.8 Å². The zero-order chi connectivity index (χ0) is 20.1. The number of esters is 1. The lowest BCUT2D eigenvalue weighted by Gasteiger charge is -2.15. The topological polar surface area (TPSA) is 99.0 Å². The number of rotatable bonds is 7. The summed E-state index contributed by atoms with van der Waals surface area (Å²) in [5.41, 5.74) is 4.25. The molecule has 1 amide bonds. The summed E-state index contributed by atoms with van der Waals surface area (Å²) in [4.78, 5) is 24.9. The Morgan fingerprint density at radius 2 is 1.93 bits per heavy atom. The fraction of sp³-hybridized carbons (Fsp3) is 0.286. The van der Waals surface area contributed by atoms with Crippen LogP contribution in [0.5, 0.6) is 0 Å². The highest BCUT2D eigenvalue weighted by molar-refractivity contribution is 5.93. The van der Waals surface area contributed by atoms with Crippen LogP contribution in [0.15, 0.2) is 54.9 Å². The summed E-state index contributed by atoms with van der Waals surface area (Å²) >= 11 is 0. The van der Waals surface area contributed by atoms with Gasteiger partial charge in [0.25, 0.3) is 5.91 Å². The smallest absolute Gasteiger partial charge is 0.331 e. The van der Waals surface area contributed by atoms with Crippen molar-refractivity contribution in [3.05, 3.63) is 71.5 Å². The Morgan fingerprint density at radius 3 is 2.72 bits per heavy atom. The Labute approximate surface area is 167 Å². The highest BCUT2D eigenvalue weighted by Gasteiger charge is 2.25. The van der Waals surface area contributed by atoms with Crippen molar-refractivity contribution < 1.29 is 14.3 Å². The van der Waals surface area contributed by atoms with Crippen LogP contribution in [0.4, 0.5) is 5.69 Å². The number of nitrogens with zero attached hydrogens (tertiary/aromatic N) is 4. The number of carbonyl (C=O) groups excluding carboxylic acids is 2. The molecule has 0 bridgehead atoms. The van der Waals surface area contributed by atoms with Crippen LogP contribution in [0.1, 0.15) is 29.2 Å². The minimum atomic E-state index is -0.750. The number of nitrogens with one attached hydrogen (secondary N) is 1. The molecule has 1 aliphatic rings. The number of anilines is 1. The second-order valence-corrected chi connectivity index (χ2v) is 6.99. The van der Waals surface area contributed by atoms with Crippen LogP contribution in [0, 0.1) is 0 Å². The van der Waals surface area contributed by atoms with Crippen molar-refractivity contribution in [3.8, 4) is 0 Å². The van der Waals surface area contributed by atoms with E-state index in [9.17, 15) is 9.59 Å². The molecule has 1 N–H and O–H groups in total. The van der Waals surface area contributed by atoms with Crippen molar-refractivity contribution in [2.24, 2.45) is 0 Å². The molecule has 0 radical (unpaired) electrons. The quantitative estimate of drug-likeness (QED) is 0.620. The zero-order valence-corrected chi connectivity index (χ0v) is 15.8. The van der Waals surface area contributed by atoms with Gasteiger partial charge >= 0.3 is 5.97 Å². The maximum Gasteiger partial charge on any atom is 0.331 e. The largest absolute Gasteiger partial charge is 0.454 e. The average molecular weight is 391 g/mol. The zero-order valence-electron chi connectivity index (χ0n) is 15.8. The molecule has 29 heavy (non-hydrogen) atoms. The SMILES string of the molecule is O=C(COC(=O)[C@@H](Cc1ccccc1)n1cnnn1)Nc1ccc2c(c1)CCC2. The van der Waals surface area contributed by atoms with Crippen LogP contribution in [0.25, 0.3) is 0 Å². The number of carbonyl (C=O) groups is 2. The fourth-order valence-electron chi connectivity index (χ4n) is 3.51. The molecule has 1 heterocycles. The first-order valence-corrected chi connectivity index (χ1v) is 9.54. The highest BCUT2D eigenvalue weighted by Crippen LogP contribution is 2.24. The van der Waals surface area contributed by atoms with Crippen LogP contribution < -0.4 is 5.32 Å². The van der Waals surface area contributed by atoms with Gasteiger partial charge in [0.1, 0.15) is 6.33 Å². The molecule has 3 aromatic rings. The van der Waals surface area contributed by atoms with Crippen molar-refractivity contribution >= 4 is 17.6 Å². The van der Waals surface area contributed by atoms with Gasteiger partial charge in [-0.1, -0.05) is 36.4 Å². The van der Waals surface area contributed by atoms with E-state index in [0.29, 0.717) is 12.1 Å². The number of amides is 1. The molecule has 0 fully saturated rings. The first-order chi connectivity index (χ1) is 14.2. The fourth-order valence-corrected chi connectivity index (χ4v) is 3.51. The second-order valence-electron chi connectivity index (χ2n) is 6.99. The molecule has 1 aromatic heterocycles. The molecule has 4 rings (SSSR count). The Balaban J connectivity index is 1.36. The van der Waals surface area contributed by atoms with Crippen LogP contribution in [-0.2, 0) is 33.6 Å². The third-order valence-electron chi connectivity index (χ3n) is 4.96. The van der Waals surface area contributed by atoms with Gasteiger partial charge in [0, 0.05) is 12.1 Å². The third kappa shape index (κ3) is 4.66. The summed E-state index contributed by atoms with van der Waals surface area (Å²) in [6, 6.07) is 14.7. The Kier molecular flexibility index (Phi) is 5.60. The summed E-state index contributed by atoms with van der Waals surface area (Å²) in [6.45, 7) is -0.372. The van der Waals surface area contributed by atoms with Crippen LogP contribution in [-0.4, -0.2) is 38.7 Å². The number of fused-ring (bicyclic) bond motifs is 1. The molecule has 8 heteroatoms. The van der Waals surface area contributed by atoms with Crippen LogP contribution in [0.3, 0.4) is 0 Å². The lowest BCUT2D eigenvalue weighted by Crippen LogP contribution is -2.28. The molecule has 0 saturated carbocycles. The van der Waals surface area contributed by atoms with E-state index in [1.165, 1.54) is 22.1 Å². The molecule has 8 nitrogen and oxygen atoms in total. The molecule has 0 unspecified atom stereocenters. The molecule has 2 aromatic carbocycles. The first kappa shape index (κ1) is 18.8. The molecule has 148 valence electrons. The van der Waals surface area contributed by atoms with Gasteiger partial charge in [0.15, 0.2) is 12.6 Å². The number of ether oxygens (including phenoxy) is 1. The number of hydrogen-bond acceptors (Lipinski definition) is 6. The van der Waals surface area contributed by atoms with E-state index in [-0.39, 0.29) is 12.5 Å². The summed E-state index contributed by atoms with van der Waals surface area (Å²) in [5, 5.41) is 13.8. The lowest BCUT2D eigenvalue weighted by atomic mass is 10.1. The molecule has 1 atom stereocenters. The second kappa shape index (κ2) is 8.64. The van der Waals surface area contributed by atoms with Gasteiger partial charge in [-0.15, -0.1) is 5.10 Å².